The summed E-state index contributed by atoms with van der Waals surface area (Å²) in [5.41, 5.74) is 3.89. The second-order valence-electron chi connectivity index (χ2n) is 2.96. The Balaban J connectivity index is 2.13. The van der Waals surface area contributed by atoms with Crippen LogP contribution >= 0.6 is 0 Å². The van der Waals surface area contributed by atoms with Gasteiger partial charge >= 0.3 is 0 Å². The quantitative estimate of drug-likeness (QED) is 0.546. The van der Waals surface area contributed by atoms with Crippen LogP contribution in [0.1, 0.15) is 26.2 Å². The third-order valence-corrected chi connectivity index (χ3v) is 2.41. The molecule has 0 amide bonds. The lowest BCUT2D eigenvalue weighted by molar-refractivity contribution is -0.381. The molecule has 1 fully saturated rings. The van der Waals surface area contributed by atoms with Gasteiger partial charge in [-0.2, -0.15) is 0 Å². The van der Waals surface area contributed by atoms with E-state index in [-0.39, 0.29) is 0 Å². The normalized spacial score (nSPS) is 24.8. The van der Waals surface area contributed by atoms with Gasteiger partial charge in [-0.3, -0.25) is 0 Å². The number of quaternary nitrogens is 1. The minimum Gasteiger partial charge on any atom is -0.357 e. The fourth-order valence-electron chi connectivity index (χ4n) is 1.24. The van der Waals surface area contributed by atoms with Gasteiger partial charge in [0.15, 0.2) is 0 Å². The molecule has 0 aromatic rings. The van der Waals surface area contributed by atoms with Gasteiger partial charge in [-0.1, -0.05) is 13.3 Å². The molecule has 0 saturated heterocycles. The molecule has 1 nitrogen and oxygen atoms in total. The zero-order chi connectivity index (χ0) is 5.98. The van der Waals surface area contributed by atoms with E-state index in [1.54, 1.807) is 0 Å². The molecule has 0 spiro atoms. The topological polar surface area (TPSA) is 27.6 Å². The van der Waals surface area contributed by atoms with Crippen molar-refractivity contribution >= 4 is 0 Å². The van der Waals surface area contributed by atoms with E-state index in [2.05, 4.69) is 12.7 Å². The molecular weight excluding hydrogens is 98.1 g/mol. The highest BCUT2D eigenvalue weighted by Crippen LogP contribution is 2.32. The SMILES string of the molecule is CC(C[NH3+])C1CCC1. The molecule has 0 radical (unpaired) electrons. The predicted octanol–water partition coefficient (Wildman–Crippen LogP) is 0.664. The van der Waals surface area contributed by atoms with Crippen molar-refractivity contribution in [3.63, 3.8) is 0 Å². The maximum atomic E-state index is 3.89. The Bertz CT molecular complexity index is 64.0. The fraction of sp³-hybridized carbons (Fsp3) is 1.00. The van der Waals surface area contributed by atoms with E-state index in [1.807, 2.05) is 0 Å². The van der Waals surface area contributed by atoms with Crippen LogP contribution in [-0.4, -0.2) is 6.54 Å². The van der Waals surface area contributed by atoms with E-state index in [0.29, 0.717) is 0 Å². The van der Waals surface area contributed by atoms with Crippen LogP contribution < -0.4 is 5.73 Å². The Morgan fingerprint density at radius 1 is 1.62 bits per heavy atom. The zero-order valence-corrected chi connectivity index (χ0v) is 5.69. The van der Waals surface area contributed by atoms with Gasteiger partial charge in [0.05, 0.1) is 6.54 Å². The van der Waals surface area contributed by atoms with Crippen LogP contribution in [-0.2, 0) is 0 Å². The van der Waals surface area contributed by atoms with E-state index in [4.69, 9.17) is 0 Å². The molecule has 48 valence electrons. The molecule has 1 atom stereocenters. The molecule has 0 heterocycles. The van der Waals surface area contributed by atoms with Gasteiger partial charge in [-0.25, -0.2) is 0 Å². The van der Waals surface area contributed by atoms with Crippen molar-refractivity contribution in [1.29, 1.82) is 0 Å². The molecule has 0 aromatic carbocycles. The average molecular weight is 114 g/mol. The van der Waals surface area contributed by atoms with Crippen LogP contribution in [0.15, 0.2) is 0 Å². The van der Waals surface area contributed by atoms with E-state index < -0.39 is 0 Å². The fourth-order valence-corrected chi connectivity index (χ4v) is 1.24. The highest BCUT2D eigenvalue weighted by atomic mass is 14.6. The third kappa shape index (κ3) is 1.03. The van der Waals surface area contributed by atoms with Crippen LogP contribution in [0.25, 0.3) is 0 Å². The molecule has 1 aliphatic rings. The van der Waals surface area contributed by atoms with E-state index >= 15 is 0 Å². The molecule has 0 aliphatic heterocycles. The van der Waals surface area contributed by atoms with Crippen molar-refractivity contribution in [1.82, 2.24) is 0 Å². The molecule has 8 heavy (non-hydrogen) atoms. The molecule has 0 bridgehead atoms. The lowest BCUT2D eigenvalue weighted by atomic mass is 9.77. The molecule has 1 rings (SSSR count). The molecule has 1 heteroatoms. The smallest absolute Gasteiger partial charge is 0.0768 e. The summed E-state index contributed by atoms with van der Waals surface area (Å²) in [5, 5.41) is 0. The lowest BCUT2D eigenvalue weighted by Crippen LogP contribution is -2.54. The summed E-state index contributed by atoms with van der Waals surface area (Å²) >= 11 is 0. The Hall–Kier alpha value is -0.0400. The Morgan fingerprint density at radius 2 is 2.25 bits per heavy atom. The molecule has 1 saturated carbocycles. The Kier molecular flexibility index (Phi) is 1.90. The second kappa shape index (κ2) is 2.49. The van der Waals surface area contributed by atoms with Crippen molar-refractivity contribution in [3.8, 4) is 0 Å². The first-order chi connectivity index (χ1) is 3.84. The van der Waals surface area contributed by atoms with E-state index in [0.717, 1.165) is 18.4 Å². The monoisotopic (exact) mass is 114 g/mol. The van der Waals surface area contributed by atoms with Crippen molar-refractivity contribution in [3.05, 3.63) is 0 Å². The van der Waals surface area contributed by atoms with Crippen molar-refractivity contribution in [2.75, 3.05) is 6.54 Å². The summed E-state index contributed by atoms with van der Waals surface area (Å²) in [6.45, 7) is 3.45. The van der Waals surface area contributed by atoms with Gasteiger partial charge in [0.1, 0.15) is 0 Å². The maximum Gasteiger partial charge on any atom is 0.0768 e. The second-order valence-corrected chi connectivity index (χ2v) is 2.96. The summed E-state index contributed by atoms with van der Waals surface area (Å²) in [7, 11) is 0. The lowest BCUT2D eigenvalue weighted by Gasteiger charge is -2.29. The Morgan fingerprint density at radius 3 is 2.38 bits per heavy atom. The van der Waals surface area contributed by atoms with Gasteiger partial charge in [0, 0.05) is 5.92 Å². The predicted molar refractivity (Wildman–Crippen MR) is 34.3 cm³/mol. The van der Waals surface area contributed by atoms with Crippen LogP contribution in [0.5, 0.6) is 0 Å². The largest absolute Gasteiger partial charge is 0.357 e. The van der Waals surface area contributed by atoms with Crippen LogP contribution in [0.3, 0.4) is 0 Å². The summed E-state index contributed by atoms with van der Waals surface area (Å²) in [5.74, 6) is 1.93. The highest BCUT2D eigenvalue weighted by molar-refractivity contribution is 4.73. The molecular formula is C7H16N+. The molecule has 3 N–H and O–H groups in total. The first-order valence-corrected chi connectivity index (χ1v) is 3.64. The van der Waals surface area contributed by atoms with Gasteiger partial charge in [0.2, 0.25) is 0 Å². The molecule has 1 aliphatic carbocycles. The standard InChI is InChI=1S/C7H15N/c1-6(5-8)7-3-2-4-7/h6-7H,2-5,8H2,1H3/p+1. The Labute approximate surface area is 51.3 Å². The van der Waals surface area contributed by atoms with E-state index in [1.165, 1.54) is 19.3 Å². The molecule has 1 unspecified atom stereocenters. The van der Waals surface area contributed by atoms with Crippen LogP contribution in [0, 0.1) is 11.8 Å². The first-order valence-electron chi connectivity index (χ1n) is 3.64. The van der Waals surface area contributed by atoms with Crippen molar-refractivity contribution in [2.24, 2.45) is 11.8 Å². The summed E-state index contributed by atoms with van der Waals surface area (Å²) < 4.78 is 0. The number of hydrogen-bond donors (Lipinski definition) is 1. The van der Waals surface area contributed by atoms with Gasteiger partial charge < -0.3 is 5.73 Å². The van der Waals surface area contributed by atoms with Crippen molar-refractivity contribution < 1.29 is 5.73 Å². The molecule has 0 aromatic heterocycles. The number of hydrogen-bond acceptors (Lipinski definition) is 0. The van der Waals surface area contributed by atoms with Gasteiger partial charge in [-0.15, -0.1) is 0 Å². The highest BCUT2D eigenvalue weighted by Gasteiger charge is 2.23. The first kappa shape index (κ1) is 6.09. The minimum absolute atomic E-state index is 0.892. The van der Waals surface area contributed by atoms with Gasteiger partial charge in [-0.05, 0) is 18.8 Å². The van der Waals surface area contributed by atoms with Crippen molar-refractivity contribution in [2.45, 2.75) is 26.2 Å². The maximum absolute atomic E-state index is 3.89. The zero-order valence-electron chi connectivity index (χ0n) is 5.69. The third-order valence-electron chi connectivity index (χ3n) is 2.41. The average Bonchev–Trinajstić information content (AvgIpc) is 1.62. The summed E-state index contributed by atoms with van der Waals surface area (Å²) in [6.07, 6.45) is 4.41. The van der Waals surface area contributed by atoms with Gasteiger partial charge in [0.25, 0.3) is 0 Å². The van der Waals surface area contributed by atoms with Crippen LogP contribution in [0.4, 0.5) is 0 Å². The number of rotatable bonds is 2. The van der Waals surface area contributed by atoms with E-state index in [9.17, 15) is 0 Å². The summed E-state index contributed by atoms with van der Waals surface area (Å²) in [4.78, 5) is 0. The summed E-state index contributed by atoms with van der Waals surface area (Å²) in [6, 6.07) is 0. The minimum atomic E-state index is 0.892. The van der Waals surface area contributed by atoms with Crippen LogP contribution in [0.2, 0.25) is 0 Å².